The van der Waals surface area contributed by atoms with E-state index in [4.69, 9.17) is 35.5 Å². The summed E-state index contributed by atoms with van der Waals surface area (Å²) in [5, 5.41) is 25.2. The van der Waals surface area contributed by atoms with Crippen molar-refractivity contribution in [2.45, 2.75) is 31.1 Å². The summed E-state index contributed by atoms with van der Waals surface area (Å²) in [6, 6.07) is 9.33. The van der Waals surface area contributed by atoms with Crippen LogP contribution in [0.15, 0.2) is 36.5 Å². The molecule has 5 atom stereocenters. The molecule has 6 N–H and O–H groups in total. The van der Waals surface area contributed by atoms with Crippen LogP contribution in [0.5, 0.6) is 0 Å². The number of benzene rings is 1. The monoisotopic (exact) mass is 565 g/mol. The van der Waals surface area contributed by atoms with Gasteiger partial charge in [-0.1, -0.05) is 30.3 Å². The van der Waals surface area contributed by atoms with E-state index in [0.29, 0.717) is 5.39 Å². The smallest absolute Gasteiger partial charge is 0.340 e. The number of nitrogens with zero attached hydrogens (tertiary/aromatic N) is 4. The highest BCUT2D eigenvalue weighted by Crippen LogP contribution is 2.55. The van der Waals surface area contributed by atoms with Gasteiger partial charge in [-0.3, -0.25) is 14.0 Å². The number of rotatable bonds is 10. The Labute approximate surface area is 208 Å². The maximum atomic E-state index is 11.9. The van der Waals surface area contributed by atoms with Crippen LogP contribution >= 0.6 is 26.8 Å². The summed E-state index contributed by atoms with van der Waals surface area (Å²) in [5.41, 5.74) is 3.70. The Morgan fingerprint density at radius 1 is 1.11 bits per heavy atom. The van der Waals surface area contributed by atoms with Gasteiger partial charge in [-0.2, -0.15) is 15.1 Å². The van der Waals surface area contributed by atoms with Gasteiger partial charge in [0.2, 0.25) is 5.28 Å². The van der Waals surface area contributed by atoms with Gasteiger partial charge in [0.05, 0.1) is 24.8 Å². The second-order valence-electron chi connectivity index (χ2n) is 7.83. The lowest BCUT2D eigenvalue weighted by Gasteiger charge is -2.18. The van der Waals surface area contributed by atoms with Crippen LogP contribution in [0.3, 0.4) is 0 Å². The van der Waals surface area contributed by atoms with Crippen molar-refractivity contribution >= 4 is 43.6 Å². The average Bonchev–Trinajstić information content (AvgIpc) is 3.32. The molecule has 1 aromatic carbocycles. The predicted molar refractivity (Wildman–Crippen MR) is 124 cm³/mol. The Bertz CT molecular complexity index is 1310. The third-order valence-electron chi connectivity index (χ3n) is 5.06. The lowest BCUT2D eigenvalue weighted by Crippen LogP contribution is -2.33. The lowest BCUT2D eigenvalue weighted by atomic mass is 10.1. The number of nitrogens with one attached hydrogen (secondary N) is 1. The number of halogens is 1. The van der Waals surface area contributed by atoms with Crippen molar-refractivity contribution < 1.29 is 48.1 Å². The minimum absolute atomic E-state index is 0.118. The first-order valence-electron chi connectivity index (χ1n) is 10.3. The quantitative estimate of drug-likeness (QED) is 0.115. The molecule has 36 heavy (non-hydrogen) atoms. The van der Waals surface area contributed by atoms with Gasteiger partial charge in [-0.15, -0.1) is 0 Å². The molecule has 1 unspecified atom stereocenters. The number of hydrogen-bond donors (Lipinski definition) is 6. The molecular weight excluding hydrogens is 544 g/mol. The first-order chi connectivity index (χ1) is 16.9. The molecule has 0 bridgehead atoms. The van der Waals surface area contributed by atoms with E-state index in [2.05, 4.69) is 20.5 Å². The maximum Gasteiger partial charge on any atom is 0.340 e. The van der Waals surface area contributed by atoms with Crippen LogP contribution in [0.4, 0.5) is 5.82 Å². The minimum atomic E-state index is -4.84. The van der Waals surface area contributed by atoms with Crippen molar-refractivity contribution in [3.63, 3.8) is 0 Å². The second kappa shape index (κ2) is 10.8. The molecule has 0 aliphatic carbocycles. The van der Waals surface area contributed by atoms with Crippen molar-refractivity contribution in [3.8, 4) is 0 Å². The fourth-order valence-electron chi connectivity index (χ4n) is 3.46. The molecule has 1 saturated heterocycles. The third kappa shape index (κ3) is 6.46. The fraction of sp³-hybridized carbons (Fsp3) is 0.389. The maximum absolute atomic E-state index is 11.9. The summed E-state index contributed by atoms with van der Waals surface area (Å²) in [7, 11) is -9.53. The van der Waals surface area contributed by atoms with Gasteiger partial charge < -0.3 is 34.2 Å². The first-order valence-corrected chi connectivity index (χ1v) is 14.2. The van der Waals surface area contributed by atoms with E-state index >= 15 is 0 Å². The number of aliphatic hydroxyl groups is 2. The number of aromatic nitrogens is 4. The van der Waals surface area contributed by atoms with Gasteiger partial charge in [0.15, 0.2) is 23.6 Å². The number of anilines is 1. The summed E-state index contributed by atoms with van der Waals surface area (Å²) >= 11 is 6.05. The Morgan fingerprint density at radius 2 is 1.83 bits per heavy atom. The van der Waals surface area contributed by atoms with E-state index in [0.717, 1.165) is 10.2 Å². The summed E-state index contributed by atoms with van der Waals surface area (Å²) < 4.78 is 34.3. The molecule has 15 nitrogen and oxygen atoms in total. The van der Waals surface area contributed by atoms with E-state index in [1.54, 1.807) is 0 Å². The van der Waals surface area contributed by atoms with Crippen molar-refractivity contribution in [3.05, 3.63) is 47.4 Å². The molecule has 0 radical (unpaired) electrons. The molecule has 1 aliphatic rings. The molecule has 0 spiro atoms. The second-order valence-corrected chi connectivity index (χ2v) is 12.2. The van der Waals surface area contributed by atoms with Gasteiger partial charge in [0, 0.05) is 0 Å². The van der Waals surface area contributed by atoms with Crippen molar-refractivity contribution in [1.29, 1.82) is 0 Å². The van der Waals surface area contributed by atoms with E-state index in [1.165, 1.54) is 6.20 Å². The number of fused-ring (bicyclic) bond motifs is 1. The molecule has 1 aliphatic heterocycles. The fourth-order valence-corrected chi connectivity index (χ4v) is 6.19. The Hall–Kier alpha value is -2.00. The predicted octanol–water partition coefficient (Wildman–Crippen LogP) is 0.980. The van der Waals surface area contributed by atoms with Crippen LogP contribution in [0.25, 0.3) is 11.0 Å². The summed E-state index contributed by atoms with van der Waals surface area (Å²) in [6.07, 6.45) is -4.44. The van der Waals surface area contributed by atoms with Crippen LogP contribution in [0, 0.1) is 0 Å². The van der Waals surface area contributed by atoms with Crippen LogP contribution in [-0.2, 0) is 29.8 Å². The third-order valence-corrected chi connectivity index (χ3v) is 8.68. The van der Waals surface area contributed by atoms with E-state index in [-0.39, 0.29) is 23.4 Å². The highest BCUT2D eigenvalue weighted by molar-refractivity contribution is 7.70. The molecule has 0 saturated carbocycles. The minimum Gasteiger partial charge on any atom is -0.387 e. The zero-order valence-corrected chi connectivity index (χ0v) is 20.8. The zero-order valence-electron chi connectivity index (χ0n) is 18.2. The Balaban J connectivity index is 1.48. The molecule has 2 aromatic heterocycles. The van der Waals surface area contributed by atoms with Crippen LogP contribution < -0.4 is 5.48 Å². The van der Waals surface area contributed by atoms with Crippen molar-refractivity contribution in [2.75, 3.05) is 18.0 Å². The molecule has 0 amide bonds. The summed E-state index contributed by atoms with van der Waals surface area (Å²) in [4.78, 5) is 41.1. The zero-order chi connectivity index (χ0) is 26.1. The normalized spacial score (nSPS) is 24.2. The summed E-state index contributed by atoms with van der Waals surface area (Å²) in [5.74, 6) is -1.23. The summed E-state index contributed by atoms with van der Waals surface area (Å²) in [6.45, 7) is -0.523. The van der Waals surface area contributed by atoms with E-state index < -0.39 is 52.2 Å². The van der Waals surface area contributed by atoms with E-state index in [9.17, 15) is 24.2 Å². The molecule has 196 valence electrons. The van der Waals surface area contributed by atoms with E-state index in [1.807, 2.05) is 30.3 Å². The molecule has 3 aromatic rings. The number of aliphatic hydroxyl groups excluding tert-OH is 2. The van der Waals surface area contributed by atoms with Crippen LogP contribution in [0.2, 0.25) is 5.28 Å². The molecule has 1 fully saturated rings. The standard InChI is InChI=1S/C18H22ClN5O10P2/c19-18-21-15(23-32-7-10-4-2-1-3-5-10)11-6-20-24(16(11)22-18)17-14(26)13(25)12(34-17)8-33-36(30,31)9-35(27,28)29/h1-6,12-14,17,25-26H,7-9H2,(H,30,31)(H,21,22,23)(H2,27,28,29)/t12-,13-,14-,17-/m1/s1. The van der Waals surface area contributed by atoms with Crippen LogP contribution in [0.1, 0.15) is 11.8 Å². The highest BCUT2D eigenvalue weighted by atomic mass is 35.5. The Kier molecular flexibility index (Phi) is 8.10. The van der Waals surface area contributed by atoms with Crippen molar-refractivity contribution in [1.82, 2.24) is 19.7 Å². The van der Waals surface area contributed by atoms with Crippen LogP contribution in [-0.4, -0.2) is 75.5 Å². The molecule has 18 heteroatoms. The topological polar surface area (TPSA) is 219 Å². The van der Waals surface area contributed by atoms with Gasteiger partial charge in [-0.05, 0) is 17.2 Å². The lowest BCUT2D eigenvalue weighted by molar-refractivity contribution is -0.0541. The number of hydrogen-bond acceptors (Lipinski definition) is 11. The molecular formula is C18H22ClN5O10P2. The van der Waals surface area contributed by atoms with Gasteiger partial charge >= 0.3 is 15.2 Å². The molecule has 3 heterocycles. The SMILES string of the molecule is O=P(O)(O)CP(=O)(O)OC[C@H]1O[C@@H](n2ncc3c(NOCc4ccccc4)nc(Cl)nc32)[C@H](O)[C@@H]1O. The van der Waals surface area contributed by atoms with Gasteiger partial charge in [0.1, 0.15) is 18.3 Å². The average molecular weight is 566 g/mol. The largest absolute Gasteiger partial charge is 0.387 e. The Morgan fingerprint density at radius 3 is 2.53 bits per heavy atom. The van der Waals surface area contributed by atoms with Crippen molar-refractivity contribution in [2.24, 2.45) is 0 Å². The first kappa shape index (κ1) is 27.0. The highest BCUT2D eigenvalue weighted by Gasteiger charge is 2.46. The molecule has 4 rings (SSSR count). The number of ether oxygens (including phenoxy) is 1. The van der Waals surface area contributed by atoms with Gasteiger partial charge in [-0.25, -0.2) is 10.2 Å². The van der Waals surface area contributed by atoms with Gasteiger partial charge in [0.25, 0.3) is 0 Å².